The molecule has 0 aliphatic heterocycles. The second-order valence-electron chi connectivity index (χ2n) is 3.63. The molecule has 0 heterocycles. The van der Waals surface area contributed by atoms with Crippen LogP contribution in [-0.4, -0.2) is 29.8 Å². The normalized spacial score (nSPS) is 16.5. The van der Waals surface area contributed by atoms with E-state index in [0.29, 0.717) is 5.92 Å². The highest BCUT2D eigenvalue weighted by Crippen LogP contribution is 2.07. The minimum atomic E-state index is 0.710. The summed E-state index contributed by atoms with van der Waals surface area (Å²) in [5.41, 5.74) is 0. The zero-order chi connectivity index (χ0) is 9.56. The molecule has 2 heteroatoms. The molecule has 2 unspecified atom stereocenters. The molecule has 0 spiro atoms. The van der Waals surface area contributed by atoms with Crippen molar-refractivity contribution in [3.63, 3.8) is 0 Å². The monoisotopic (exact) mass is 189 g/mol. The van der Waals surface area contributed by atoms with Gasteiger partial charge in [-0.25, -0.2) is 0 Å². The summed E-state index contributed by atoms with van der Waals surface area (Å²) in [6.07, 6.45) is 1.24. The van der Waals surface area contributed by atoms with Crippen LogP contribution in [0.5, 0.6) is 0 Å². The maximum atomic E-state index is 4.30. The highest BCUT2D eigenvalue weighted by atomic mass is 32.1. The average molecular weight is 189 g/mol. The first-order chi connectivity index (χ1) is 5.65. The molecule has 74 valence electrons. The van der Waals surface area contributed by atoms with Crippen molar-refractivity contribution < 1.29 is 0 Å². The van der Waals surface area contributed by atoms with E-state index >= 15 is 0 Å². The van der Waals surface area contributed by atoms with Gasteiger partial charge in [0.2, 0.25) is 0 Å². The molecule has 0 aromatic heterocycles. The molecule has 0 N–H and O–H groups in total. The summed E-state index contributed by atoms with van der Waals surface area (Å²) >= 11 is 4.30. The van der Waals surface area contributed by atoms with Gasteiger partial charge in [0.05, 0.1) is 0 Å². The van der Waals surface area contributed by atoms with E-state index < -0.39 is 0 Å². The number of hydrogen-bond donors (Lipinski definition) is 1. The lowest BCUT2D eigenvalue weighted by molar-refractivity contribution is 0.193. The van der Waals surface area contributed by atoms with Gasteiger partial charge in [0, 0.05) is 12.6 Å². The lowest BCUT2D eigenvalue weighted by Crippen LogP contribution is -2.36. The van der Waals surface area contributed by atoms with Crippen LogP contribution in [0, 0.1) is 5.92 Å². The van der Waals surface area contributed by atoms with Gasteiger partial charge in [-0.2, -0.15) is 12.6 Å². The third kappa shape index (κ3) is 4.36. The molecule has 0 radical (unpaired) electrons. The Morgan fingerprint density at radius 2 is 1.83 bits per heavy atom. The summed E-state index contributed by atoms with van der Waals surface area (Å²) in [4.78, 5) is 2.53. The topological polar surface area (TPSA) is 3.24 Å². The van der Waals surface area contributed by atoms with Gasteiger partial charge in [-0.15, -0.1) is 0 Å². The first-order valence-electron chi connectivity index (χ1n) is 5.00. The Balaban J connectivity index is 3.81. The first-order valence-corrected chi connectivity index (χ1v) is 5.63. The van der Waals surface area contributed by atoms with Crippen LogP contribution in [0.25, 0.3) is 0 Å². The average Bonchev–Trinajstić information content (AvgIpc) is 2.12. The van der Waals surface area contributed by atoms with Crippen LogP contribution >= 0.6 is 12.6 Å². The number of nitrogens with zero attached hydrogens (tertiary/aromatic N) is 1. The zero-order valence-electron chi connectivity index (χ0n) is 8.88. The maximum absolute atomic E-state index is 4.30. The Labute approximate surface area is 82.9 Å². The van der Waals surface area contributed by atoms with Gasteiger partial charge in [-0.05, 0) is 31.6 Å². The van der Waals surface area contributed by atoms with Crippen molar-refractivity contribution in [2.24, 2.45) is 5.92 Å². The van der Waals surface area contributed by atoms with Gasteiger partial charge in [-0.1, -0.05) is 20.8 Å². The minimum Gasteiger partial charge on any atom is -0.301 e. The predicted octanol–water partition coefficient (Wildman–Crippen LogP) is 2.67. The van der Waals surface area contributed by atoms with E-state index in [0.717, 1.165) is 18.3 Å². The Kier molecular flexibility index (Phi) is 6.96. The third-order valence-corrected chi connectivity index (χ3v) is 3.10. The molecule has 2 atom stereocenters. The summed E-state index contributed by atoms with van der Waals surface area (Å²) in [5.74, 6) is 1.70. The van der Waals surface area contributed by atoms with Gasteiger partial charge >= 0.3 is 0 Å². The summed E-state index contributed by atoms with van der Waals surface area (Å²) < 4.78 is 0. The van der Waals surface area contributed by atoms with Crippen molar-refractivity contribution in [3.05, 3.63) is 0 Å². The van der Waals surface area contributed by atoms with Crippen molar-refractivity contribution in [1.82, 2.24) is 4.90 Å². The fraction of sp³-hybridized carbons (Fsp3) is 1.00. The number of rotatable bonds is 6. The van der Waals surface area contributed by atoms with Crippen LogP contribution in [0.15, 0.2) is 0 Å². The summed E-state index contributed by atoms with van der Waals surface area (Å²) in [6.45, 7) is 11.4. The smallest absolute Gasteiger partial charge is 0.00643 e. The standard InChI is InChI=1S/C10H23NS/c1-5-10(4)11(6-2)7-9(3)8-12/h9-10,12H,5-8H2,1-4H3. The SMILES string of the molecule is CCC(C)N(CC)CC(C)CS. The maximum Gasteiger partial charge on any atom is 0.00643 e. The van der Waals surface area contributed by atoms with Crippen LogP contribution in [0.1, 0.15) is 34.1 Å². The Morgan fingerprint density at radius 3 is 2.17 bits per heavy atom. The largest absolute Gasteiger partial charge is 0.301 e. The van der Waals surface area contributed by atoms with Crippen molar-refractivity contribution in [2.75, 3.05) is 18.8 Å². The molecular weight excluding hydrogens is 166 g/mol. The Hall–Kier alpha value is 0.310. The van der Waals surface area contributed by atoms with Crippen LogP contribution in [0.3, 0.4) is 0 Å². The lowest BCUT2D eigenvalue weighted by atomic mass is 10.1. The van der Waals surface area contributed by atoms with Crippen LogP contribution in [-0.2, 0) is 0 Å². The first kappa shape index (κ1) is 12.3. The van der Waals surface area contributed by atoms with E-state index in [9.17, 15) is 0 Å². The molecule has 12 heavy (non-hydrogen) atoms. The highest BCUT2D eigenvalue weighted by molar-refractivity contribution is 7.80. The van der Waals surface area contributed by atoms with E-state index in [1.165, 1.54) is 13.0 Å². The summed E-state index contributed by atoms with van der Waals surface area (Å²) in [7, 11) is 0. The van der Waals surface area contributed by atoms with Crippen LogP contribution in [0.4, 0.5) is 0 Å². The second-order valence-corrected chi connectivity index (χ2v) is 4.00. The van der Waals surface area contributed by atoms with Gasteiger partial charge in [-0.3, -0.25) is 0 Å². The molecule has 0 bridgehead atoms. The summed E-state index contributed by atoms with van der Waals surface area (Å²) in [5, 5.41) is 0. The minimum absolute atomic E-state index is 0.710. The molecular formula is C10H23NS. The molecule has 0 aliphatic rings. The van der Waals surface area contributed by atoms with E-state index in [1.807, 2.05) is 0 Å². The number of thiol groups is 1. The van der Waals surface area contributed by atoms with Crippen molar-refractivity contribution in [3.8, 4) is 0 Å². The zero-order valence-corrected chi connectivity index (χ0v) is 9.77. The molecule has 0 rings (SSSR count). The molecule has 0 saturated heterocycles. The van der Waals surface area contributed by atoms with Crippen molar-refractivity contribution in [1.29, 1.82) is 0 Å². The molecule has 0 aromatic rings. The van der Waals surface area contributed by atoms with Gasteiger partial charge in [0.25, 0.3) is 0 Å². The van der Waals surface area contributed by atoms with E-state index in [2.05, 4.69) is 45.2 Å². The van der Waals surface area contributed by atoms with Crippen molar-refractivity contribution >= 4 is 12.6 Å². The second kappa shape index (κ2) is 6.79. The summed E-state index contributed by atoms with van der Waals surface area (Å²) in [6, 6.07) is 0.720. The van der Waals surface area contributed by atoms with Gasteiger partial charge < -0.3 is 4.90 Å². The Bertz CT molecular complexity index is 106. The van der Waals surface area contributed by atoms with Crippen molar-refractivity contribution in [2.45, 2.75) is 40.2 Å². The quantitative estimate of drug-likeness (QED) is 0.629. The van der Waals surface area contributed by atoms with Gasteiger partial charge in [0.15, 0.2) is 0 Å². The van der Waals surface area contributed by atoms with E-state index in [-0.39, 0.29) is 0 Å². The molecule has 0 aromatic carbocycles. The van der Waals surface area contributed by atoms with Gasteiger partial charge in [0.1, 0.15) is 0 Å². The Morgan fingerprint density at radius 1 is 1.25 bits per heavy atom. The van der Waals surface area contributed by atoms with Crippen LogP contribution in [0.2, 0.25) is 0 Å². The molecule has 0 amide bonds. The van der Waals surface area contributed by atoms with E-state index in [1.54, 1.807) is 0 Å². The molecule has 1 nitrogen and oxygen atoms in total. The molecule has 0 aliphatic carbocycles. The predicted molar refractivity (Wildman–Crippen MR) is 60.0 cm³/mol. The highest BCUT2D eigenvalue weighted by Gasteiger charge is 2.12. The van der Waals surface area contributed by atoms with E-state index in [4.69, 9.17) is 0 Å². The fourth-order valence-corrected chi connectivity index (χ4v) is 1.45. The number of hydrogen-bond acceptors (Lipinski definition) is 2. The lowest BCUT2D eigenvalue weighted by Gasteiger charge is -2.29. The fourth-order valence-electron chi connectivity index (χ4n) is 1.34. The molecule has 0 saturated carbocycles. The third-order valence-electron chi connectivity index (χ3n) is 2.48. The van der Waals surface area contributed by atoms with Crippen LogP contribution < -0.4 is 0 Å². The molecule has 0 fully saturated rings.